The monoisotopic (exact) mass is 264 g/mol. The molecule has 0 amide bonds. The summed E-state index contributed by atoms with van der Waals surface area (Å²) in [6, 6.07) is 1.42. The van der Waals surface area contributed by atoms with Crippen LogP contribution in [-0.2, 0) is 13.6 Å². The van der Waals surface area contributed by atoms with Crippen LogP contribution in [0.25, 0.3) is 0 Å². The molecule has 0 aliphatic carbocycles. The normalized spacial score (nSPS) is 27.5. The van der Waals surface area contributed by atoms with Crippen LogP contribution in [0.4, 0.5) is 0 Å². The molecule has 0 aromatic carbocycles. The van der Waals surface area contributed by atoms with Gasteiger partial charge < -0.3 is 10.1 Å². The molecule has 1 aromatic rings. The van der Waals surface area contributed by atoms with Gasteiger partial charge in [-0.2, -0.15) is 5.10 Å². The zero-order valence-corrected chi connectivity index (χ0v) is 12.1. The first kappa shape index (κ1) is 12.9. The molecule has 2 bridgehead atoms. The number of likely N-dealkylation sites (tertiary alicyclic amines) is 1. The maximum atomic E-state index is 5.49. The number of hydrogen-bond donors (Lipinski definition) is 1. The lowest BCUT2D eigenvalue weighted by Gasteiger charge is -2.24. The third-order valence-corrected chi connectivity index (χ3v) is 4.47. The molecule has 3 heterocycles. The number of nitrogens with one attached hydrogen (secondary N) is 1. The smallest absolute Gasteiger partial charge is 0.216 e. The van der Waals surface area contributed by atoms with Gasteiger partial charge in [-0.25, -0.2) is 4.68 Å². The SMILES string of the molecule is COc1c(CN2CCC3CCC(C2)N3)c(C)nn1C. The van der Waals surface area contributed by atoms with Gasteiger partial charge in [0.2, 0.25) is 5.88 Å². The van der Waals surface area contributed by atoms with Crippen molar-refractivity contribution in [1.29, 1.82) is 0 Å². The van der Waals surface area contributed by atoms with Crippen molar-refractivity contribution in [3.63, 3.8) is 0 Å². The summed E-state index contributed by atoms with van der Waals surface area (Å²) in [7, 11) is 3.67. The first-order chi connectivity index (χ1) is 9.17. The fourth-order valence-corrected chi connectivity index (χ4v) is 3.50. The largest absolute Gasteiger partial charge is 0.481 e. The number of aromatic nitrogens is 2. The minimum Gasteiger partial charge on any atom is -0.481 e. The summed E-state index contributed by atoms with van der Waals surface area (Å²) in [6.07, 6.45) is 3.94. The maximum absolute atomic E-state index is 5.49. The number of hydrogen-bond acceptors (Lipinski definition) is 4. The molecule has 106 valence electrons. The molecule has 19 heavy (non-hydrogen) atoms. The van der Waals surface area contributed by atoms with E-state index in [1.54, 1.807) is 7.11 Å². The highest BCUT2D eigenvalue weighted by molar-refractivity contribution is 5.30. The van der Waals surface area contributed by atoms with Crippen LogP contribution >= 0.6 is 0 Å². The number of rotatable bonds is 3. The molecule has 0 spiro atoms. The van der Waals surface area contributed by atoms with Gasteiger partial charge in [-0.15, -0.1) is 0 Å². The van der Waals surface area contributed by atoms with Gasteiger partial charge in [0.25, 0.3) is 0 Å². The van der Waals surface area contributed by atoms with Gasteiger partial charge in [-0.3, -0.25) is 4.90 Å². The number of fused-ring (bicyclic) bond motifs is 2. The van der Waals surface area contributed by atoms with Crippen molar-refractivity contribution in [1.82, 2.24) is 20.0 Å². The molecule has 1 aromatic heterocycles. The van der Waals surface area contributed by atoms with Gasteiger partial charge in [0, 0.05) is 38.8 Å². The maximum Gasteiger partial charge on any atom is 0.216 e. The molecular formula is C14H24N4O. The van der Waals surface area contributed by atoms with Crippen molar-refractivity contribution in [3.8, 4) is 5.88 Å². The van der Waals surface area contributed by atoms with E-state index >= 15 is 0 Å². The van der Waals surface area contributed by atoms with Crippen LogP contribution in [0.3, 0.4) is 0 Å². The Morgan fingerprint density at radius 3 is 2.89 bits per heavy atom. The number of nitrogens with zero attached hydrogens (tertiary/aromatic N) is 3. The van der Waals surface area contributed by atoms with E-state index in [1.807, 2.05) is 11.7 Å². The van der Waals surface area contributed by atoms with Crippen LogP contribution in [0.2, 0.25) is 0 Å². The molecular weight excluding hydrogens is 240 g/mol. The molecule has 2 fully saturated rings. The lowest BCUT2D eigenvalue weighted by molar-refractivity contribution is 0.245. The zero-order valence-electron chi connectivity index (χ0n) is 12.1. The summed E-state index contributed by atoms with van der Waals surface area (Å²) in [5.41, 5.74) is 2.32. The summed E-state index contributed by atoms with van der Waals surface area (Å²) in [4.78, 5) is 2.54. The minimum absolute atomic E-state index is 0.676. The Labute approximate surface area is 114 Å². The first-order valence-corrected chi connectivity index (χ1v) is 7.22. The van der Waals surface area contributed by atoms with Crippen LogP contribution in [-0.4, -0.2) is 47.0 Å². The Morgan fingerprint density at radius 1 is 1.32 bits per heavy atom. The molecule has 5 nitrogen and oxygen atoms in total. The van der Waals surface area contributed by atoms with E-state index in [9.17, 15) is 0 Å². The Balaban J connectivity index is 1.74. The molecule has 2 aliphatic rings. The van der Waals surface area contributed by atoms with Crippen molar-refractivity contribution in [2.24, 2.45) is 7.05 Å². The summed E-state index contributed by atoms with van der Waals surface area (Å²) < 4.78 is 7.33. The van der Waals surface area contributed by atoms with E-state index in [2.05, 4.69) is 22.2 Å². The molecule has 3 rings (SSSR count). The summed E-state index contributed by atoms with van der Waals surface area (Å²) in [5, 5.41) is 8.19. The number of methoxy groups -OCH3 is 1. The van der Waals surface area contributed by atoms with E-state index in [4.69, 9.17) is 4.74 Å². The van der Waals surface area contributed by atoms with Crippen LogP contribution < -0.4 is 10.1 Å². The average molecular weight is 264 g/mol. The molecule has 2 unspecified atom stereocenters. The molecule has 0 saturated carbocycles. The summed E-state index contributed by atoms with van der Waals surface area (Å²) in [5.74, 6) is 0.903. The van der Waals surface area contributed by atoms with Crippen molar-refractivity contribution in [2.45, 2.75) is 44.8 Å². The highest BCUT2D eigenvalue weighted by Gasteiger charge is 2.30. The second-order valence-electron chi connectivity index (χ2n) is 5.86. The fraction of sp³-hybridized carbons (Fsp3) is 0.786. The molecule has 1 N–H and O–H groups in total. The molecule has 5 heteroatoms. The van der Waals surface area contributed by atoms with Gasteiger partial charge in [0.05, 0.1) is 18.4 Å². The Kier molecular flexibility index (Phi) is 3.50. The molecule has 0 radical (unpaired) electrons. The number of ether oxygens (including phenoxy) is 1. The first-order valence-electron chi connectivity index (χ1n) is 7.22. The highest BCUT2D eigenvalue weighted by Crippen LogP contribution is 2.26. The van der Waals surface area contributed by atoms with Crippen molar-refractivity contribution >= 4 is 0 Å². The van der Waals surface area contributed by atoms with Gasteiger partial charge >= 0.3 is 0 Å². The standard InChI is InChI=1S/C14H24N4O/c1-10-13(14(19-3)17(2)16-10)9-18-7-6-11-4-5-12(8-18)15-11/h11-12,15H,4-9H2,1-3H3. The van der Waals surface area contributed by atoms with E-state index in [1.165, 1.54) is 31.4 Å². The van der Waals surface area contributed by atoms with E-state index in [-0.39, 0.29) is 0 Å². The third kappa shape index (κ3) is 2.49. The quantitative estimate of drug-likeness (QED) is 0.886. The molecule has 2 saturated heterocycles. The van der Waals surface area contributed by atoms with Crippen molar-refractivity contribution in [2.75, 3.05) is 20.2 Å². The topological polar surface area (TPSA) is 42.3 Å². The number of aryl methyl sites for hydroxylation is 2. The molecule has 2 atom stereocenters. The van der Waals surface area contributed by atoms with Crippen molar-refractivity contribution in [3.05, 3.63) is 11.3 Å². The lowest BCUT2D eigenvalue weighted by Crippen LogP contribution is -2.35. The fourth-order valence-electron chi connectivity index (χ4n) is 3.50. The predicted molar refractivity (Wildman–Crippen MR) is 74.3 cm³/mol. The van der Waals surface area contributed by atoms with Gasteiger partial charge in [0.15, 0.2) is 0 Å². The Bertz CT molecular complexity index is 457. The highest BCUT2D eigenvalue weighted by atomic mass is 16.5. The van der Waals surface area contributed by atoms with Crippen LogP contribution in [0.15, 0.2) is 0 Å². The Morgan fingerprint density at radius 2 is 2.11 bits per heavy atom. The van der Waals surface area contributed by atoms with Gasteiger partial charge in [-0.05, 0) is 26.2 Å². The van der Waals surface area contributed by atoms with E-state index in [0.29, 0.717) is 6.04 Å². The van der Waals surface area contributed by atoms with E-state index in [0.717, 1.165) is 30.7 Å². The minimum atomic E-state index is 0.676. The summed E-state index contributed by atoms with van der Waals surface area (Å²) >= 11 is 0. The predicted octanol–water partition coefficient (Wildman–Crippen LogP) is 1.06. The lowest BCUT2D eigenvalue weighted by atomic mass is 10.1. The van der Waals surface area contributed by atoms with Crippen LogP contribution in [0, 0.1) is 6.92 Å². The van der Waals surface area contributed by atoms with E-state index < -0.39 is 0 Å². The van der Waals surface area contributed by atoms with Crippen LogP contribution in [0.5, 0.6) is 5.88 Å². The zero-order chi connectivity index (χ0) is 13.4. The molecule has 2 aliphatic heterocycles. The second-order valence-corrected chi connectivity index (χ2v) is 5.86. The third-order valence-electron chi connectivity index (χ3n) is 4.47. The Hall–Kier alpha value is -1.07. The summed E-state index contributed by atoms with van der Waals surface area (Å²) in [6.45, 7) is 5.34. The average Bonchev–Trinajstić information content (AvgIpc) is 2.83. The second kappa shape index (κ2) is 5.13. The van der Waals surface area contributed by atoms with Crippen LogP contribution in [0.1, 0.15) is 30.5 Å². The van der Waals surface area contributed by atoms with Crippen molar-refractivity contribution < 1.29 is 4.74 Å². The van der Waals surface area contributed by atoms with Gasteiger partial charge in [0.1, 0.15) is 0 Å². The van der Waals surface area contributed by atoms with Gasteiger partial charge in [-0.1, -0.05) is 0 Å².